The Balaban J connectivity index is 1.74. The number of fused-ring (bicyclic) bond motifs is 1. The second-order valence-corrected chi connectivity index (χ2v) is 5.42. The van der Waals surface area contributed by atoms with Gasteiger partial charge in [0.05, 0.1) is 17.8 Å². The van der Waals surface area contributed by atoms with E-state index in [9.17, 15) is 9.59 Å². The van der Waals surface area contributed by atoms with Crippen LogP contribution in [0.15, 0.2) is 42.5 Å². The van der Waals surface area contributed by atoms with Crippen molar-refractivity contribution < 1.29 is 14.3 Å². The molecule has 22 heavy (non-hydrogen) atoms. The highest BCUT2D eigenvalue weighted by molar-refractivity contribution is 6.52. The highest BCUT2D eigenvalue weighted by Gasteiger charge is 2.36. The molecule has 0 atom stereocenters. The number of amides is 1. The number of benzene rings is 2. The van der Waals surface area contributed by atoms with Crippen LogP contribution in [0.5, 0.6) is 5.75 Å². The number of para-hydroxylation sites is 1. The van der Waals surface area contributed by atoms with Crippen LogP contribution in [0.4, 0.5) is 5.69 Å². The highest BCUT2D eigenvalue weighted by atomic mass is 16.5. The van der Waals surface area contributed by atoms with Crippen molar-refractivity contribution in [2.24, 2.45) is 0 Å². The van der Waals surface area contributed by atoms with Gasteiger partial charge in [0.15, 0.2) is 0 Å². The topological polar surface area (TPSA) is 46.6 Å². The molecule has 0 radical (unpaired) electrons. The van der Waals surface area contributed by atoms with Crippen LogP contribution in [-0.2, 0) is 4.79 Å². The van der Waals surface area contributed by atoms with Crippen LogP contribution in [0, 0.1) is 13.8 Å². The summed E-state index contributed by atoms with van der Waals surface area (Å²) >= 11 is 0. The van der Waals surface area contributed by atoms with Gasteiger partial charge in [-0.15, -0.1) is 0 Å². The molecule has 1 aliphatic heterocycles. The molecule has 2 aromatic carbocycles. The molecule has 0 saturated carbocycles. The monoisotopic (exact) mass is 295 g/mol. The number of aryl methyl sites for hydroxylation is 2. The molecule has 0 aromatic heterocycles. The predicted molar refractivity (Wildman–Crippen MR) is 84.5 cm³/mol. The van der Waals surface area contributed by atoms with Gasteiger partial charge in [0.1, 0.15) is 12.4 Å². The number of rotatable bonds is 4. The van der Waals surface area contributed by atoms with Crippen molar-refractivity contribution in [2.45, 2.75) is 13.8 Å². The lowest BCUT2D eigenvalue weighted by atomic mass is 10.1. The first kappa shape index (κ1) is 14.3. The highest BCUT2D eigenvalue weighted by Crippen LogP contribution is 2.31. The Morgan fingerprint density at radius 2 is 1.82 bits per heavy atom. The van der Waals surface area contributed by atoms with E-state index in [0.717, 1.165) is 16.9 Å². The van der Waals surface area contributed by atoms with Crippen LogP contribution in [0.3, 0.4) is 0 Å². The summed E-state index contributed by atoms with van der Waals surface area (Å²) in [5, 5.41) is 0. The van der Waals surface area contributed by atoms with E-state index in [4.69, 9.17) is 4.74 Å². The molecule has 0 saturated heterocycles. The first-order chi connectivity index (χ1) is 10.6. The maximum absolute atomic E-state index is 12.1. The third-order valence-electron chi connectivity index (χ3n) is 3.76. The van der Waals surface area contributed by atoms with Gasteiger partial charge >= 0.3 is 0 Å². The number of nitrogens with zero attached hydrogens (tertiary/aromatic N) is 1. The van der Waals surface area contributed by atoms with E-state index in [2.05, 4.69) is 0 Å². The van der Waals surface area contributed by atoms with E-state index in [1.165, 1.54) is 4.90 Å². The van der Waals surface area contributed by atoms with Crippen LogP contribution >= 0.6 is 0 Å². The zero-order valence-corrected chi connectivity index (χ0v) is 12.6. The molecular formula is C18H17NO3. The predicted octanol–water partition coefficient (Wildman–Crippen LogP) is 2.91. The van der Waals surface area contributed by atoms with Crippen molar-refractivity contribution in [3.63, 3.8) is 0 Å². The summed E-state index contributed by atoms with van der Waals surface area (Å²) in [6, 6.07) is 13.1. The van der Waals surface area contributed by atoms with Gasteiger partial charge in [-0.1, -0.05) is 24.3 Å². The van der Waals surface area contributed by atoms with Crippen LogP contribution in [-0.4, -0.2) is 24.8 Å². The van der Waals surface area contributed by atoms with E-state index >= 15 is 0 Å². The number of carbonyl (C=O) groups excluding carboxylic acids is 2. The lowest BCUT2D eigenvalue weighted by Crippen LogP contribution is -2.33. The minimum Gasteiger partial charge on any atom is -0.492 e. The summed E-state index contributed by atoms with van der Waals surface area (Å²) < 4.78 is 5.68. The number of carbonyl (C=O) groups is 2. The fourth-order valence-electron chi connectivity index (χ4n) is 2.71. The number of hydrogen-bond donors (Lipinski definition) is 0. The molecule has 4 heteroatoms. The smallest absolute Gasteiger partial charge is 0.299 e. The standard InChI is InChI=1S/C18H17NO3/c1-12-5-3-7-14(11-12)22-10-9-19-16-13(2)6-4-8-15(16)17(20)18(19)21/h3-8,11H,9-10H2,1-2H3. The second-order valence-electron chi connectivity index (χ2n) is 5.42. The summed E-state index contributed by atoms with van der Waals surface area (Å²) in [5.41, 5.74) is 3.24. The van der Waals surface area contributed by atoms with E-state index < -0.39 is 11.7 Å². The number of ketones is 1. The van der Waals surface area contributed by atoms with Crippen molar-refractivity contribution in [2.75, 3.05) is 18.1 Å². The lowest BCUT2D eigenvalue weighted by molar-refractivity contribution is -0.114. The van der Waals surface area contributed by atoms with Gasteiger partial charge in [-0.2, -0.15) is 0 Å². The van der Waals surface area contributed by atoms with E-state index in [0.29, 0.717) is 24.4 Å². The molecule has 0 spiro atoms. The normalized spacial score (nSPS) is 13.5. The van der Waals surface area contributed by atoms with Gasteiger partial charge in [0.2, 0.25) is 0 Å². The molecule has 0 N–H and O–H groups in total. The third-order valence-corrected chi connectivity index (χ3v) is 3.76. The largest absolute Gasteiger partial charge is 0.492 e. The van der Waals surface area contributed by atoms with Gasteiger partial charge in [-0.25, -0.2) is 0 Å². The molecule has 0 aliphatic carbocycles. The summed E-state index contributed by atoms with van der Waals surface area (Å²) in [4.78, 5) is 25.7. The maximum Gasteiger partial charge on any atom is 0.299 e. The van der Waals surface area contributed by atoms with Crippen molar-refractivity contribution in [1.29, 1.82) is 0 Å². The van der Waals surface area contributed by atoms with Crippen molar-refractivity contribution >= 4 is 17.4 Å². The quantitative estimate of drug-likeness (QED) is 0.815. The van der Waals surface area contributed by atoms with E-state index in [-0.39, 0.29) is 0 Å². The van der Waals surface area contributed by atoms with E-state index in [1.807, 2.05) is 44.2 Å². The number of ether oxygens (including phenoxy) is 1. The molecule has 1 aliphatic rings. The molecule has 1 heterocycles. The Morgan fingerprint density at radius 1 is 1.05 bits per heavy atom. The van der Waals surface area contributed by atoms with Crippen LogP contribution < -0.4 is 9.64 Å². The summed E-state index contributed by atoms with van der Waals surface area (Å²) in [6.07, 6.45) is 0. The van der Waals surface area contributed by atoms with Crippen LogP contribution in [0.25, 0.3) is 0 Å². The first-order valence-corrected chi connectivity index (χ1v) is 7.23. The molecular weight excluding hydrogens is 278 g/mol. The fourth-order valence-corrected chi connectivity index (χ4v) is 2.71. The molecule has 0 fully saturated rings. The Bertz CT molecular complexity index is 752. The Hall–Kier alpha value is -2.62. The molecule has 2 aromatic rings. The Labute approximate surface area is 129 Å². The van der Waals surface area contributed by atoms with Gasteiger partial charge < -0.3 is 9.64 Å². The second kappa shape index (κ2) is 5.64. The zero-order valence-electron chi connectivity index (χ0n) is 12.6. The minimum atomic E-state index is -0.475. The molecule has 4 nitrogen and oxygen atoms in total. The van der Waals surface area contributed by atoms with Gasteiger partial charge in [0, 0.05) is 0 Å². The average molecular weight is 295 g/mol. The number of hydrogen-bond acceptors (Lipinski definition) is 3. The third kappa shape index (κ3) is 2.48. The summed E-state index contributed by atoms with van der Waals surface area (Å²) in [6.45, 7) is 4.60. The van der Waals surface area contributed by atoms with Crippen molar-refractivity contribution in [3.8, 4) is 5.75 Å². The van der Waals surface area contributed by atoms with Gasteiger partial charge in [0.25, 0.3) is 11.7 Å². The maximum atomic E-state index is 12.1. The van der Waals surface area contributed by atoms with Gasteiger partial charge in [-0.05, 0) is 43.2 Å². The summed E-state index contributed by atoms with van der Waals surface area (Å²) in [5.74, 6) is -0.144. The van der Waals surface area contributed by atoms with Crippen molar-refractivity contribution in [3.05, 3.63) is 59.2 Å². The molecule has 0 unspecified atom stereocenters. The Morgan fingerprint density at radius 3 is 2.59 bits per heavy atom. The van der Waals surface area contributed by atoms with Gasteiger partial charge in [-0.3, -0.25) is 9.59 Å². The molecule has 3 rings (SSSR count). The fraction of sp³-hybridized carbons (Fsp3) is 0.222. The first-order valence-electron chi connectivity index (χ1n) is 7.23. The average Bonchev–Trinajstić information content (AvgIpc) is 2.74. The van der Waals surface area contributed by atoms with Crippen molar-refractivity contribution in [1.82, 2.24) is 0 Å². The van der Waals surface area contributed by atoms with E-state index in [1.54, 1.807) is 12.1 Å². The number of anilines is 1. The minimum absolute atomic E-state index is 0.343. The number of Topliss-reactive ketones (excluding diaryl/α,β-unsaturated/α-hetero) is 1. The molecule has 1 amide bonds. The zero-order chi connectivity index (χ0) is 15.7. The van der Waals surface area contributed by atoms with Crippen LogP contribution in [0.1, 0.15) is 21.5 Å². The Kier molecular flexibility index (Phi) is 3.67. The van der Waals surface area contributed by atoms with Crippen LogP contribution in [0.2, 0.25) is 0 Å². The molecule has 0 bridgehead atoms. The lowest BCUT2D eigenvalue weighted by Gasteiger charge is -2.18. The molecule has 112 valence electrons. The SMILES string of the molecule is Cc1cccc(OCCN2C(=O)C(=O)c3cccc(C)c32)c1. The summed E-state index contributed by atoms with van der Waals surface area (Å²) in [7, 11) is 0.